The third kappa shape index (κ3) is 2.64. The fraction of sp³-hybridized carbons (Fsp3) is 0.579. The van der Waals surface area contributed by atoms with E-state index in [4.69, 9.17) is 0 Å². The lowest BCUT2D eigenvalue weighted by atomic mass is 9.48. The molecule has 0 aliphatic heterocycles. The number of hydrazone groups is 1. The van der Waals surface area contributed by atoms with Crippen molar-refractivity contribution in [3.05, 3.63) is 29.8 Å². The second-order valence-electron chi connectivity index (χ2n) is 7.89. The molecule has 1 amide bonds. The molecule has 4 saturated carbocycles. The minimum atomic E-state index is -0.259. The molecule has 0 heterocycles. The lowest BCUT2D eigenvalue weighted by Gasteiger charge is -2.56. The molecule has 2 N–H and O–H groups in total. The van der Waals surface area contributed by atoms with E-state index in [1.165, 1.54) is 44.6 Å². The first-order valence-corrected chi connectivity index (χ1v) is 8.68. The summed E-state index contributed by atoms with van der Waals surface area (Å²) in [6.07, 6.45) is 7.95. The molecule has 0 radical (unpaired) electrons. The number of nitrogens with zero attached hydrogens (tertiary/aromatic N) is 1. The van der Waals surface area contributed by atoms with Crippen molar-refractivity contribution < 1.29 is 9.90 Å². The second-order valence-corrected chi connectivity index (χ2v) is 7.89. The summed E-state index contributed by atoms with van der Waals surface area (Å²) in [6.45, 7) is 2.08. The van der Waals surface area contributed by atoms with Crippen LogP contribution in [0.15, 0.2) is 29.4 Å². The van der Waals surface area contributed by atoms with Crippen LogP contribution in [0, 0.1) is 23.2 Å². The molecule has 1 aromatic rings. The van der Waals surface area contributed by atoms with Crippen LogP contribution in [0.5, 0.6) is 5.75 Å². The Labute approximate surface area is 137 Å². The number of phenols is 1. The van der Waals surface area contributed by atoms with Crippen LogP contribution in [0.3, 0.4) is 0 Å². The summed E-state index contributed by atoms with van der Waals surface area (Å²) < 4.78 is 0. The van der Waals surface area contributed by atoms with Crippen molar-refractivity contribution >= 4 is 11.6 Å². The van der Waals surface area contributed by atoms with E-state index < -0.39 is 0 Å². The van der Waals surface area contributed by atoms with Gasteiger partial charge in [0, 0.05) is 16.7 Å². The molecule has 0 unspecified atom stereocenters. The number of phenolic OH excluding ortho intramolecular Hbond substituents is 1. The van der Waals surface area contributed by atoms with Crippen molar-refractivity contribution in [2.45, 2.75) is 45.4 Å². The van der Waals surface area contributed by atoms with Crippen LogP contribution in [0.25, 0.3) is 0 Å². The monoisotopic (exact) mass is 312 g/mol. The first kappa shape index (κ1) is 14.7. The molecule has 5 rings (SSSR count). The lowest BCUT2D eigenvalue weighted by Crippen LogP contribution is -2.49. The average Bonchev–Trinajstić information content (AvgIpc) is 2.51. The van der Waals surface area contributed by atoms with E-state index in [9.17, 15) is 9.90 Å². The van der Waals surface area contributed by atoms with Gasteiger partial charge < -0.3 is 5.11 Å². The van der Waals surface area contributed by atoms with Crippen molar-refractivity contribution in [2.24, 2.45) is 28.3 Å². The molecule has 0 aromatic heterocycles. The van der Waals surface area contributed by atoms with Crippen LogP contribution in [-0.2, 0) is 0 Å². The molecule has 0 saturated heterocycles. The second kappa shape index (κ2) is 5.36. The average molecular weight is 312 g/mol. The zero-order valence-corrected chi connectivity index (χ0v) is 13.6. The summed E-state index contributed by atoms with van der Waals surface area (Å²) in [7, 11) is 0. The molecule has 4 aliphatic rings. The van der Waals surface area contributed by atoms with Gasteiger partial charge in [-0.1, -0.05) is 6.07 Å². The van der Waals surface area contributed by atoms with Gasteiger partial charge in [0.15, 0.2) is 0 Å². The van der Waals surface area contributed by atoms with Gasteiger partial charge in [0.25, 0.3) is 5.91 Å². The van der Waals surface area contributed by atoms with Crippen LogP contribution in [0.1, 0.15) is 55.8 Å². The van der Waals surface area contributed by atoms with Gasteiger partial charge in [-0.3, -0.25) is 4.79 Å². The van der Waals surface area contributed by atoms with Crippen LogP contribution >= 0.6 is 0 Å². The highest BCUT2D eigenvalue weighted by molar-refractivity contribution is 5.96. The van der Waals surface area contributed by atoms with Crippen LogP contribution in [-0.4, -0.2) is 16.7 Å². The van der Waals surface area contributed by atoms with Gasteiger partial charge in [0.05, 0.1) is 0 Å². The smallest absolute Gasteiger partial charge is 0.271 e. The summed E-state index contributed by atoms with van der Waals surface area (Å²) in [5, 5.41) is 13.9. The van der Waals surface area contributed by atoms with E-state index >= 15 is 0 Å². The standard InChI is InChI=1S/C19H24N2O2/c1-12(20-21-18(23)16-3-2-4-17(22)8-16)19-9-13-5-14(10-19)7-15(6-13)11-19/h2-4,8,13-15,22H,5-7,9-11H2,1H3,(H,21,23)/b20-12-. The van der Waals surface area contributed by atoms with Gasteiger partial charge >= 0.3 is 0 Å². The van der Waals surface area contributed by atoms with Gasteiger partial charge in [0.2, 0.25) is 0 Å². The fourth-order valence-electron chi connectivity index (χ4n) is 5.52. The molecule has 4 heteroatoms. The quantitative estimate of drug-likeness (QED) is 0.660. The molecular formula is C19H24N2O2. The van der Waals surface area contributed by atoms with Gasteiger partial charge in [-0.15, -0.1) is 0 Å². The Morgan fingerprint density at radius 3 is 2.35 bits per heavy atom. The highest BCUT2D eigenvalue weighted by atomic mass is 16.3. The van der Waals surface area contributed by atoms with Crippen molar-refractivity contribution in [1.82, 2.24) is 5.43 Å². The van der Waals surface area contributed by atoms with E-state index in [2.05, 4.69) is 17.5 Å². The first-order valence-electron chi connectivity index (χ1n) is 8.68. The van der Waals surface area contributed by atoms with Crippen LogP contribution in [0.2, 0.25) is 0 Å². The summed E-state index contributed by atoms with van der Waals surface area (Å²) >= 11 is 0. The van der Waals surface area contributed by atoms with Crippen molar-refractivity contribution in [2.75, 3.05) is 0 Å². The molecular weight excluding hydrogens is 288 g/mol. The third-order valence-corrected chi connectivity index (χ3v) is 6.24. The number of benzene rings is 1. The lowest BCUT2D eigenvalue weighted by molar-refractivity contribution is -0.0128. The minimum absolute atomic E-state index is 0.0967. The molecule has 4 aliphatic carbocycles. The maximum Gasteiger partial charge on any atom is 0.271 e. The Morgan fingerprint density at radius 2 is 1.78 bits per heavy atom. The third-order valence-electron chi connectivity index (χ3n) is 6.24. The number of aromatic hydroxyl groups is 1. The Balaban J connectivity index is 1.49. The molecule has 4 fully saturated rings. The minimum Gasteiger partial charge on any atom is -0.508 e. The maximum absolute atomic E-state index is 12.2. The van der Waals surface area contributed by atoms with E-state index in [0.29, 0.717) is 5.56 Å². The molecule has 122 valence electrons. The number of amides is 1. The summed E-state index contributed by atoms with van der Waals surface area (Å²) in [5.74, 6) is 2.44. The summed E-state index contributed by atoms with van der Waals surface area (Å²) in [4.78, 5) is 12.2. The summed E-state index contributed by atoms with van der Waals surface area (Å²) in [6, 6.07) is 6.37. The molecule has 1 aromatic carbocycles. The predicted octanol–water partition coefficient (Wildman–Crippen LogP) is 3.71. The normalized spacial score (nSPS) is 35.3. The SMILES string of the molecule is C/C(=N/NC(=O)c1cccc(O)c1)C12CC3CC(CC(C3)C1)C2. The number of carbonyl (C=O) groups excluding carboxylic acids is 1. The Hall–Kier alpha value is -1.84. The van der Waals surface area contributed by atoms with Crippen molar-refractivity contribution in [1.29, 1.82) is 0 Å². The van der Waals surface area contributed by atoms with Gasteiger partial charge in [-0.05, 0) is 81.4 Å². The van der Waals surface area contributed by atoms with Gasteiger partial charge in [-0.25, -0.2) is 5.43 Å². The van der Waals surface area contributed by atoms with E-state index in [-0.39, 0.29) is 17.1 Å². The number of nitrogens with one attached hydrogen (secondary N) is 1. The molecule has 23 heavy (non-hydrogen) atoms. The maximum atomic E-state index is 12.2. The Kier molecular flexibility index (Phi) is 3.43. The fourth-order valence-corrected chi connectivity index (χ4v) is 5.52. The predicted molar refractivity (Wildman–Crippen MR) is 89.3 cm³/mol. The summed E-state index contributed by atoms with van der Waals surface area (Å²) in [5.41, 5.74) is 4.44. The molecule has 0 spiro atoms. The highest BCUT2D eigenvalue weighted by Crippen LogP contribution is 2.60. The zero-order chi connectivity index (χ0) is 16.0. The van der Waals surface area contributed by atoms with Crippen molar-refractivity contribution in [3.8, 4) is 5.75 Å². The van der Waals surface area contributed by atoms with E-state index in [1.807, 2.05) is 0 Å². The first-order chi connectivity index (χ1) is 11.0. The largest absolute Gasteiger partial charge is 0.508 e. The Bertz CT molecular complexity index is 630. The highest BCUT2D eigenvalue weighted by Gasteiger charge is 2.52. The zero-order valence-electron chi connectivity index (χ0n) is 13.6. The number of hydrogen-bond acceptors (Lipinski definition) is 3. The molecule has 0 atom stereocenters. The Morgan fingerprint density at radius 1 is 1.17 bits per heavy atom. The van der Waals surface area contributed by atoms with Crippen molar-refractivity contribution in [3.63, 3.8) is 0 Å². The number of hydrogen-bond donors (Lipinski definition) is 2. The van der Waals surface area contributed by atoms with Gasteiger partial charge in [0.1, 0.15) is 5.75 Å². The molecule has 4 nitrogen and oxygen atoms in total. The van der Waals surface area contributed by atoms with E-state index in [1.54, 1.807) is 18.2 Å². The number of rotatable bonds is 3. The topological polar surface area (TPSA) is 61.7 Å². The van der Waals surface area contributed by atoms with Crippen LogP contribution < -0.4 is 5.43 Å². The van der Waals surface area contributed by atoms with Gasteiger partial charge in [-0.2, -0.15) is 5.10 Å². The van der Waals surface area contributed by atoms with Crippen LogP contribution in [0.4, 0.5) is 0 Å². The molecule has 4 bridgehead atoms. The number of carbonyl (C=O) groups is 1. The van der Waals surface area contributed by atoms with E-state index in [0.717, 1.165) is 23.5 Å².